The molecule has 0 aliphatic carbocycles. The standard InChI is InChI=1S/C8H16N2/c1-9(2)10-7-3-4-8(10)6-5-7/h7-8H,3-6H2,1-2H3. The molecule has 0 spiro atoms. The van der Waals surface area contributed by atoms with Crippen LogP contribution in [0.3, 0.4) is 0 Å². The molecule has 0 radical (unpaired) electrons. The lowest BCUT2D eigenvalue weighted by Crippen LogP contribution is -2.40. The lowest BCUT2D eigenvalue weighted by atomic mass is 10.0. The van der Waals surface area contributed by atoms with Crippen LogP contribution in [0, 0.1) is 0 Å². The third kappa shape index (κ3) is 0.789. The molecule has 2 saturated heterocycles. The van der Waals surface area contributed by atoms with Gasteiger partial charge in [0, 0.05) is 26.2 Å². The summed E-state index contributed by atoms with van der Waals surface area (Å²) in [4.78, 5) is 0. The fourth-order valence-electron chi connectivity index (χ4n) is 2.54. The highest BCUT2D eigenvalue weighted by Gasteiger charge is 2.40. The van der Waals surface area contributed by atoms with E-state index in [-0.39, 0.29) is 0 Å². The minimum atomic E-state index is 0.889. The molecule has 0 aromatic heterocycles. The third-order valence-electron chi connectivity index (χ3n) is 2.88. The molecule has 0 unspecified atom stereocenters. The summed E-state index contributed by atoms with van der Waals surface area (Å²) in [6.45, 7) is 0. The van der Waals surface area contributed by atoms with Crippen molar-refractivity contribution in [2.24, 2.45) is 0 Å². The maximum absolute atomic E-state index is 2.56. The first kappa shape index (κ1) is 6.62. The van der Waals surface area contributed by atoms with Crippen molar-refractivity contribution in [3.63, 3.8) is 0 Å². The quantitative estimate of drug-likeness (QED) is 0.538. The van der Waals surface area contributed by atoms with Crippen molar-refractivity contribution in [3.8, 4) is 0 Å². The third-order valence-corrected chi connectivity index (χ3v) is 2.88. The van der Waals surface area contributed by atoms with Gasteiger partial charge in [0.2, 0.25) is 0 Å². The van der Waals surface area contributed by atoms with Crippen molar-refractivity contribution in [1.29, 1.82) is 0 Å². The van der Waals surface area contributed by atoms with E-state index >= 15 is 0 Å². The molecule has 2 nitrogen and oxygen atoms in total. The van der Waals surface area contributed by atoms with Gasteiger partial charge in [-0.2, -0.15) is 0 Å². The van der Waals surface area contributed by atoms with Gasteiger partial charge in [-0.15, -0.1) is 0 Å². The average molecular weight is 140 g/mol. The van der Waals surface area contributed by atoms with E-state index in [2.05, 4.69) is 24.1 Å². The van der Waals surface area contributed by atoms with Crippen molar-refractivity contribution in [2.45, 2.75) is 37.8 Å². The van der Waals surface area contributed by atoms with Gasteiger partial charge in [0.15, 0.2) is 0 Å². The second-order valence-corrected chi connectivity index (χ2v) is 3.69. The van der Waals surface area contributed by atoms with Crippen molar-refractivity contribution in [3.05, 3.63) is 0 Å². The number of hydrogen-bond acceptors (Lipinski definition) is 2. The van der Waals surface area contributed by atoms with Gasteiger partial charge >= 0.3 is 0 Å². The number of rotatable bonds is 1. The Morgan fingerprint density at radius 3 is 1.60 bits per heavy atom. The van der Waals surface area contributed by atoms with Crippen LogP contribution in [0.15, 0.2) is 0 Å². The largest absolute Gasteiger partial charge is 0.247 e. The summed E-state index contributed by atoms with van der Waals surface area (Å²) in [6, 6.07) is 1.78. The van der Waals surface area contributed by atoms with Crippen molar-refractivity contribution in [2.75, 3.05) is 14.1 Å². The summed E-state index contributed by atoms with van der Waals surface area (Å²) < 4.78 is 0. The molecular weight excluding hydrogens is 124 g/mol. The van der Waals surface area contributed by atoms with Gasteiger partial charge in [0.1, 0.15) is 0 Å². The molecular formula is C8H16N2. The maximum Gasteiger partial charge on any atom is 0.0250 e. The Bertz CT molecular complexity index is 113. The molecule has 0 aromatic rings. The summed E-state index contributed by atoms with van der Waals surface area (Å²) in [5.41, 5.74) is 0. The molecule has 2 heteroatoms. The molecule has 0 saturated carbocycles. The Morgan fingerprint density at radius 2 is 1.40 bits per heavy atom. The molecule has 2 aliphatic heterocycles. The molecule has 2 heterocycles. The van der Waals surface area contributed by atoms with Gasteiger partial charge in [0.05, 0.1) is 0 Å². The SMILES string of the molecule is CN(C)N1C2CCC1CC2. The van der Waals surface area contributed by atoms with Crippen LogP contribution in [0.4, 0.5) is 0 Å². The fourth-order valence-corrected chi connectivity index (χ4v) is 2.54. The van der Waals surface area contributed by atoms with E-state index in [4.69, 9.17) is 0 Å². The highest BCUT2D eigenvalue weighted by Crippen LogP contribution is 2.37. The first-order chi connectivity index (χ1) is 4.79. The van der Waals surface area contributed by atoms with Crippen LogP contribution in [0.1, 0.15) is 25.7 Å². The van der Waals surface area contributed by atoms with Gasteiger partial charge in [-0.3, -0.25) is 0 Å². The van der Waals surface area contributed by atoms with E-state index in [1.165, 1.54) is 25.7 Å². The average Bonchev–Trinajstić information content (AvgIpc) is 2.43. The highest BCUT2D eigenvalue weighted by atomic mass is 15.6. The first-order valence-corrected chi connectivity index (χ1v) is 4.24. The minimum Gasteiger partial charge on any atom is -0.247 e. The van der Waals surface area contributed by atoms with Crippen LogP contribution in [0.5, 0.6) is 0 Å². The topological polar surface area (TPSA) is 6.48 Å². The number of fused-ring (bicyclic) bond motifs is 2. The zero-order chi connectivity index (χ0) is 7.14. The summed E-state index contributed by atoms with van der Waals surface area (Å²) >= 11 is 0. The minimum absolute atomic E-state index is 0.889. The molecule has 10 heavy (non-hydrogen) atoms. The molecule has 2 bridgehead atoms. The summed E-state index contributed by atoms with van der Waals surface area (Å²) in [7, 11) is 4.33. The van der Waals surface area contributed by atoms with Crippen LogP contribution in [0.25, 0.3) is 0 Å². The Balaban J connectivity index is 2.09. The second-order valence-electron chi connectivity index (χ2n) is 3.69. The molecule has 0 atom stereocenters. The predicted octanol–water partition coefficient (Wildman–Crippen LogP) is 1.09. The molecule has 0 amide bonds. The zero-order valence-electron chi connectivity index (χ0n) is 6.88. The highest BCUT2D eigenvalue weighted by molar-refractivity contribution is 4.92. The smallest absolute Gasteiger partial charge is 0.0250 e. The van der Waals surface area contributed by atoms with Crippen molar-refractivity contribution in [1.82, 2.24) is 10.0 Å². The van der Waals surface area contributed by atoms with Crippen LogP contribution in [0.2, 0.25) is 0 Å². The zero-order valence-corrected chi connectivity index (χ0v) is 6.88. The normalized spacial score (nSPS) is 39.9. The van der Waals surface area contributed by atoms with Crippen LogP contribution in [-0.2, 0) is 0 Å². The van der Waals surface area contributed by atoms with E-state index < -0.39 is 0 Å². The fraction of sp³-hybridized carbons (Fsp3) is 1.00. The molecule has 58 valence electrons. The van der Waals surface area contributed by atoms with E-state index in [9.17, 15) is 0 Å². The lowest BCUT2D eigenvalue weighted by Gasteiger charge is -2.28. The molecule has 0 N–H and O–H groups in total. The Morgan fingerprint density at radius 1 is 1.00 bits per heavy atom. The van der Waals surface area contributed by atoms with Crippen LogP contribution < -0.4 is 0 Å². The molecule has 2 fully saturated rings. The van der Waals surface area contributed by atoms with Crippen molar-refractivity contribution < 1.29 is 0 Å². The van der Waals surface area contributed by atoms with E-state index in [0.717, 1.165) is 12.1 Å². The van der Waals surface area contributed by atoms with Gasteiger partial charge in [0.25, 0.3) is 0 Å². The second kappa shape index (κ2) is 2.21. The first-order valence-electron chi connectivity index (χ1n) is 4.24. The van der Waals surface area contributed by atoms with E-state index in [1.54, 1.807) is 0 Å². The Hall–Kier alpha value is -0.0800. The lowest BCUT2D eigenvalue weighted by molar-refractivity contribution is 0.00676. The summed E-state index contributed by atoms with van der Waals surface area (Å²) in [5.74, 6) is 0. The predicted molar refractivity (Wildman–Crippen MR) is 41.6 cm³/mol. The molecule has 2 aliphatic rings. The molecule has 2 rings (SSSR count). The molecule has 0 aromatic carbocycles. The van der Waals surface area contributed by atoms with Crippen LogP contribution in [-0.4, -0.2) is 36.2 Å². The Kier molecular flexibility index (Phi) is 1.46. The Labute approximate surface area is 62.8 Å². The van der Waals surface area contributed by atoms with Gasteiger partial charge < -0.3 is 0 Å². The van der Waals surface area contributed by atoms with Gasteiger partial charge in [-0.1, -0.05) is 0 Å². The maximum atomic E-state index is 2.56. The number of hydrazine groups is 1. The monoisotopic (exact) mass is 140 g/mol. The van der Waals surface area contributed by atoms with Crippen molar-refractivity contribution >= 4 is 0 Å². The number of nitrogens with zero attached hydrogens (tertiary/aromatic N) is 2. The van der Waals surface area contributed by atoms with Gasteiger partial charge in [-0.25, -0.2) is 10.0 Å². The van der Waals surface area contributed by atoms with E-state index in [1.807, 2.05) is 0 Å². The number of hydrogen-bond donors (Lipinski definition) is 0. The summed E-state index contributed by atoms with van der Waals surface area (Å²) in [5, 5.41) is 4.83. The van der Waals surface area contributed by atoms with Crippen LogP contribution >= 0.6 is 0 Å². The summed E-state index contributed by atoms with van der Waals surface area (Å²) in [6.07, 6.45) is 5.73. The van der Waals surface area contributed by atoms with Gasteiger partial charge in [-0.05, 0) is 25.7 Å². The van der Waals surface area contributed by atoms with E-state index in [0.29, 0.717) is 0 Å².